The summed E-state index contributed by atoms with van der Waals surface area (Å²) in [5.74, 6) is -1.05. The van der Waals surface area contributed by atoms with Gasteiger partial charge in [-0.2, -0.15) is 5.10 Å². The van der Waals surface area contributed by atoms with Gasteiger partial charge in [0.25, 0.3) is 11.5 Å². The molecule has 1 amide bonds. The van der Waals surface area contributed by atoms with Crippen LogP contribution in [-0.2, 0) is 0 Å². The Morgan fingerprint density at radius 2 is 1.91 bits per heavy atom. The third-order valence-electron chi connectivity index (χ3n) is 2.87. The maximum absolute atomic E-state index is 11.9. The van der Waals surface area contributed by atoms with Gasteiger partial charge in [0.2, 0.25) is 5.88 Å². The van der Waals surface area contributed by atoms with Crippen molar-refractivity contribution in [3.05, 3.63) is 62.3 Å². The summed E-state index contributed by atoms with van der Waals surface area (Å²) in [5, 5.41) is 13.5. The zero-order valence-corrected chi connectivity index (χ0v) is 11.7. The van der Waals surface area contributed by atoms with E-state index in [1.807, 2.05) is 4.98 Å². The molecule has 1 heterocycles. The van der Waals surface area contributed by atoms with Crippen LogP contribution in [0, 0.1) is 0 Å². The third kappa shape index (κ3) is 3.29. The molecule has 114 valence electrons. The first-order valence-corrected chi connectivity index (χ1v) is 6.50. The molecule has 4 N–H and O–H groups in total. The first kappa shape index (κ1) is 15.2. The van der Waals surface area contributed by atoms with Gasteiger partial charge in [-0.05, 0) is 18.6 Å². The van der Waals surface area contributed by atoms with Crippen molar-refractivity contribution in [3.8, 4) is 5.88 Å². The Morgan fingerprint density at radius 1 is 1.23 bits per heavy atom. The van der Waals surface area contributed by atoms with Crippen molar-refractivity contribution in [2.45, 2.75) is 13.3 Å². The van der Waals surface area contributed by atoms with E-state index >= 15 is 0 Å². The third-order valence-corrected chi connectivity index (χ3v) is 2.87. The highest BCUT2D eigenvalue weighted by Gasteiger charge is 2.15. The number of H-pyrrole nitrogens is 2. The minimum absolute atomic E-state index is 0.138. The molecule has 0 saturated carbocycles. The summed E-state index contributed by atoms with van der Waals surface area (Å²) in [7, 11) is 0. The van der Waals surface area contributed by atoms with Gasteiger partial charge in [-0.25, -0.2) is 10.2 Å². The number of hydrogen-bond acceptors (Lipinski definition) is 5. The zero-order valence-electron chi connectivity index (χ0n) is 11.7. The van der Waals surface area contributed by atoms with Crippen molar-refractivity contribution in [1.29, 1.82) is 0 Å². The molecule has 0 radical (unpaired) electrons. The van der Waals surface area contributed by atoms with Crippen molar-refractivity contribution < 1.29 is 9.90 Å². The second-order valence-corrected chi connectivity index (χ2v) is 4.35. The second kappa shape index (κ2) is 6.53. The van der Waals surface area contributed by atoms with Crippen LogP contribution in [0.15, 0.2) is 45.0 Å². The molecule has 0 aliphatic heterocycles. The Labute approximate surface area is 124 Å². The molecule has 8 nitrogen and oxygen atoms in total. The standard InChI is InChI=1S/C14H14N4O4/c1-2-9(10-12(20)15-14(22)16-13(10)21)17-18-11(19)8-6-4-3-5-7-8/h3-7H,2H2,1H3,(H,18,19)(H3,15,16,20,21,22)/b17-9-. The van der Waals surface area contributed by atoms with Crippen molar-refractivity contribution in [2.24, 2.45) is 5.10 Å². The Hall–Kier alpha value is -3.16. The molecule has 1 aromatic heterocycles. The number of carbonyl (C=O) groups is 1. The monoisotopic (exact) mass is 302 g/mol. The number of aromatic nitrogens is 2. The molecule has 22 heavy (non-hydrogen) atoms. The minimum Gasteiger partial charge on any atom is -0.494 e. The van der Waals surface area contributed by atoms with Crippen LogP contribution in [0.5, 0.6) is 5.88 Å². The predicted molar refractivity (Wildman–Crippen MR) is 80.1 cm³/mol. The number of aromatic hydroxyl groups is 1. The smallest absolute Gasteiger partial charge is 0.328 e. The fraction of sp³-hybridized carbons (Fsp3) is 0.143. The Balaban J connectivity index is 2.31. The van der Waals surface area contributed by atoms with Crippen LogP contribution < -0.4 is 16.7 Å². The lowest BCUT2D eigenvalue weighted by molar-refractivity contribution is 0.0954. The predicted octanol–water partition coefficient (Wildman–Crippen LogP) is 0.313. The van der Waals surface area contributed by atoms with E-state index in [9.17, 15) is 19.5 Å². The van der Waals surface area contributed by atoms with Gasteiger partial charge >= 0.3 is 5.69 Å². The molecule has 2 aromatic rings. The second-order valence-electron chi connectivity index (χ2n) is 4.35. The van der Waals surface area contributed by atoms with Gasteiger partial charge in [-0.3, -0.25) is 19.6 Å². The van der Waals surface area contributed by atoms with E-state index in [0.29, 0.717) is 5.56 Å². The summed E-state index contributed by atoms with van der Waals surface area (Å²) in [5.41, 5.74) is 1.06. The van der Waals surface area contributed by atoms with Crippen molar-refractivity contribution >= 4 is 11.6 Å². The van der Waals surface area contributed by atoms with Crippen molar-refractivity contribution in [1.82, 2.24) is 15.4 Å². The summed E-state index contributed by atoms with van der Waals surface area (Å²) >= 11 is 0. The first-order chi connectivity index (χ1) is 10.5. The molecular weight excluding hydrogens is 288 g/mol. The Morgan fingerprint density at radius 3 is 2.50 bits per heavy atom. The fourth-order valence-corrected chi connectivity index (χ4v) is 1.83. The van der Waals surface area contributed by atoms with Gasteiger partial charge in [0.15, 0.2) is 0 Å². The summed E-state index contributed by atoms with van der Waals surface area (Å²) < 4.78 is 0. The van der Waals surface area contributed by atoms with Crippen LogP contribution in [-0.4, -0.2) is 26.7 Å². The van der Waals surface area contributed by atoms with Gasteiger partial charge in [0.05, 0.1) is 5.71 Å². The molecule has 2 rings (SSSR count). The lowest BCUT2D eigenvalue weighted by Gasteiger charge is -2.06. The number of rotatable bonds is 4. The zero-order chi connectivity index (χ0) is 16.1. The normalized spacial score (nSPS) is 11.2. The highest BCUT2D eigenvalue weighted by atomic mass is 16.3. The average Bonchev–Trinajstić information content (AvgIpc) is 2.50. The number of benzene rings is 1. The molecule has 1 aromatic carbocycles. The SMILES string of the molecule is CC/C(=N/NC(=O)c1ccccc1)c1c(O)[nH]c(=O)[nH]c1=O. The van der Waals surface area contributed by atoms with E-state index in [-0.39, 0.29) is 17.7 Å². The number of aromatic amines is 2. The molecule has 0 atom stereocenters. The molecule has 0 spiro atoms. The molecule has 0 unspecified atom stereocenters. The number of nitrogens with zero attached hydrogens (tertiary/aromatic N) is 1. The topological polar surface area (TPSA) is 127 Å². The fourth-order valence-electron chi connectivity index (χ4n) is 1.83. The number of hydrazone groups is 1. The van der Waals surface area contributed by atoms with Crippen LogP contribution in [0.3, 0.4) is 0 Å². The summed E-state index contributed by atoms with van der Waals surface area (Å²) in [6.45, 7) is 1.69. The van der Waals surface area contributed by atoms with Crippen LogP contribution in [0.2, 0.25) is 0 Å². The van der Waals surface area contributed by atoms with E-state index in [1.54, 1.807) is 37.3 Å². The number of hydrogen-bond donors (Lipinski definition) is 4. The summed E-state index contributed by atoms with van der Waals surface area (Å²) in [4.78, 5) is 38.7. The van der Waals surface area contributed by atoms with Crippen molar-refractivity contribution in [2.75, 3.05) is 0 Å². The quantitative estimate of drug-likeness (QED) is 0.479. The van der Waals surface area contributed by atoms with Gasteiger partial charge in [-0.1, -0.05) is 25.1 Å². The van der Waals surface area contributed by atoms with Gasteiger partial charge in [0.1, 0.15) is 5.56 Å². The Kier molecular flexibility index (Phi) is 4.52. The molecule has 0 aliphatic carbocycles. The van der Waals surface area contributed by atoms with E-state index < -0.39 is 23.0 Å². The highest BCUT2D eigenvalue weighted by Crippen LogP contribution is 2.09. The lowest BCUT2D eigenvalue weighted by atomic mass is 10.1. The number of amides is 1. The van der Waals surface area contributed by atoms with E-state index in [0.717, 1.165) is 0 Å². The van der Waals surface area contributed by atoms with Crippen molar-refractivity contribution in [3.63, 3.8) is 0 Å². The largest absolute Gasteiger partial charge is 0.494 e. The van der Waals surface area contributed by atoms with Crippen LogP contribution in [0.4, 0.5) is 0 Å². The number of nitrogens with one attached hydrogen (secondary N) is 3. The summed E-state index contributed by atoms with van der Waals surface area (Å²) in [6.07, 6.45) is 0.262. The minimum atomic E-state index is -0.824. The maximum Gasteiger partial charge on any atom is 0.328 e. The molecule has 0 bridgehead atoms. The maximum atomic E-state index is 11.9. The van der Waals surface area contributed by atoms with E-state index in [1.165, 1.54) is 0 Å². The van der Waals surface area contributed by atoms with E-state index in [2.05, 4.69) is 15.5 Å². The molecule has 0 fully saturated rings. The van der Waals surface area contributed by atoms with Crippen LogP contribution in [0.25, 0.3) is 0 Å². The number of carbonyl (C=O) groups excluding carboxylic acids is 1. The van der Waals surface area contributed by atoms with E-state index in [4.69, 9.17) is 0 Å². The van der Waals surface area contributed by atoms with Crippen LogP contribution in [0.1, 0.15) is 29.3 Å². The molecule has 0 aliphatic rings. The summed E-state index contributed by atoms with van der Waals surface area (Å²) in [6, 6.07) is 8.41. The molecule has 0 saturated heterocycles. The first-order valence-electron chi connectivity index (χ1n) is 6.50. The highest BCUT2D eigenvalue weighted by molar-refractivity contribution is 6.03. The molecule has 8 heteroatoms. The average molecular weight is 302 g/mol. The lowest BCUT2D eigenvalue weighted by Crippen LogP contribution is -2.29. The van der Waals surface area contributed by atoms with Crippen LogP contribution >= 0.6 is 0 Å². The van der Waals surface area contributed by atoms with Gasteiger partial charge in [-0.15, -0.1) is 0 Å². The molecular formula is C14H14N4O4. The Bertz CT molecular complexity index is 821. The van der Waals surface area contributed by atoms with Gasteiger partial charge in [0, 0.05) is 5.56 Å². The van der Waals surface area contributed by atoms with Gasteiger partial charge < -0.3 is 5.11 Å².